The molecule has 0 radical (unpaired) electrons. The second-order valence-electron chi connectivity index (χ2n) is 15.8. The maximum atomic E-state index is 14.7. The molecule has 11 heteroatoms. The average molecular weight is 745 g/mol. The van der Waals surface area contributed by atoms with Crippen LogP contribution in [-0.4, -0.2) is 59.3 Å². The van der Waals surface area contributed by atoms with Crippen LogP contribution in [0.25, 0.3) is 0 Å². The van der Waals surface area contributed by atoms with Crippen LogP contribution in [0.1, 0.15) is 89.4 Å². The number of amides is 2. The van der Waals surface area contributed by atoms with Crippen LogP contribution in [0.2, 0.25) is 5.02 Å². The minimum absolute atomic E-state index is 0.0399. The summed E-state index contributed by atoms with van der Waals surface area (Å²) in [6, 6.07) is 13.5. The summed E-state index contributed by atoms with van der Waals surface area (Å²) in [5.41, 5.74) is 5.00. The van der Waals surface area contributed by atoms with Gasteiger partial charge in [0, 0.05) is 54.6 Å². The van der Waals surface area contributed by atoms with E-state index in [1.807, 2.05) is 37.4 Å². The Bertz CT molecular complexity index is 2010. The van der Waals surface area contributed by atoms with Gasteiger partial charge in [0.25, 0.3) is 11.8 Å². The van der Waals surface area contributed by atoms with Crippen molar-refractivity contribution in [1.29, 1.82) is 0 Å². The van der Waals surface area contributed by atoms with Crippen LogP contribution in [-0.2, 0) is 39.5 Å². The van der Waals surface area contributed by atoms with Gasteiger partial charge in [-0.2, -0.15) is 0 Å². The lowest BCUT2D eigenvalue weighted by Gasteiger charge is -2.46. The molecule has 5 aliphatic rings. The van der Waals surface area contributed by atoms with E-state index >= 15 is 0 Å². The number of benzene rings is 2. The molecule has 8 rings (SSSR count). The SMILES string of the molecule is CO[C@H]1/C=C\C[C@H](C)CS(=O)(NC(=O)c2cc3n(c2)CCCC3)=NC(=O)c2ccc3c(c2)N(C[C@@H]2CC[C@H]21)C[C@@]1(CCCc2cc(Cl)ccc21)CO3. The second-order valence-corrected chi connectivity index (χ2v) is 18.2. The summed E-state index contributed by atoms with van der Waals surface area (Å²) in [4.78, 5) is 30.1. The summed E-state index contributed by atoms with van der Waals surface area (Å²) in [6.07, 6.45) is 14.9. The standard InChI is InChI=1S/C41H49ClN4O5S/c1-27-7-5-10-37(50-2)34-14-11-30(34)22-46-25-41(17-6-8-28-19-32(42)13-15-35(28)41)26-51-38-16-12-29(21-36(38)46)39(47)43-52(49,24-27)44-40(48)31-20-33-9-3-4-18-45(33)23-31/h5,10,12-13,15-16,19-21,23,27,30,34,37H,3-4,6-9,11,14,17-18,22,24-26H2,1-2H3,(H,43,44,47,48,49)/b10-5-/t27-,30-,34+,37-,41-,52?/m0/s1. The van der Waals surface area contributed by atoms with Crippen molar-refractivity contribution in [2.24, 2.45) is 22.1 Å². The quantitative estimate of drug-likeness (QED) is 0.278. The number of anilines is 1. The van der Waals surface area contributed by atoms with Crippen molar-refractivity contribution in [2.45, 2.75) is 82.8 Å². The zero-order valence-electron chi connectivity index (χ0n) is 30.2. The number of carbonyl (C=O) groups is 2. The summed E-state index contributed by atoms with van der Waals surface area (Å²) in [6.45, 7) is 4.87. The molecule has 2 aromatic carbocycles. The third-order valence-electron chi connectivity index (χ3n) is 12.1. The Labute approximate surface area is 312 Å². The first-order valence-corrected chi connectivity index (χ1v) is 21.0. The summed E-state index contributed by atoms with van der Waals surface area (Å²) < 4.78 is 36.6. The number of ether oxygens (including phenoxy) is 2. The monoisotopic (exact) mass is 744 g/mol. The fourth-order valence-corrected chi connectivity index (χ4v) is 11.3. The molecule has 3 aliphatic heterocycles. The number of allylic oxidation sites excluding steroid dienone is 1. The van der Waals surface area contributed by atoms with Crippen molar-refractivity contribution in [3.05, 3.63) is 93.8 Å². The van der Waals surface area contributed by atoms with Crippen LogP contribution < -0.4 is 14.4 Å². The van der Waals surface area contributed by atoms with Crippen LogP contribution >= 0.6 is 11.6 Å². The summed E-state index contributed by atoms with van der Waals surface area (Å²) in [7, 11) is -1.72. The Hall–Kier alpha value is -3.60. The highest BCUT2D eigenvalue weighted by Gasteiger charge is 2.44. The van der Waals surface area contributed by atoms with Gasteiger partial charge in [0.05, 0.1) is 29.7 Å². The zero-order chi connectivity index (χ0) is 36.0. The second kappa shape index (κ2) is 14.3. The maximum Gasteiger partial charge on any atom is 0.286 e. The molecule has 52 heavy (non-hydrogen) atoms. The van der Waals surface area contributed by atoms with Crippen LogP contribution in [0.4, 0.5) is 5.69 Å². The summed E-state index contributed by atoms with van der Waals surface area (Å²) in [5, 5.41) is 0.747. The molecule has 1 N–H and O–H groups in total. The van der Waals surface area contributed by atoms with Gasteiger partial charge in [-0.05, 0) is 123 Å². The molecule has 9 nitrogen and oxygen atoms in total. The number of aromatic nitrogens is 1. The van der Waals surface area contributed by atoms with Gasteiger partial charge in [-0.3, -0.25) is 14.3 Å². The van der Waals surface area contributed by atoms with Crippen LogP contribution in [0.15, 0.2) is 65.2 Å². The van der Waals surface area contributed by atoms with Gasteiger partial charge in [0.1, 0.15) is 15.7 Å². The minimum atomic E-state index is -3.50. The number of nitrogens with zero attached hydrogens (tertiary/aromatic N) is 3. The topological polar surface area (TPSA) is 102 Å². The van der Waals surface area contributed by atoms with E-state index in [-0.39, 0.29) is 23.2 Å². The van der Waals surface area contributed by atoms with Crippen LogP contribution in [0.5, 0.6) is 5.75 Å². The maximum absolute atomic E-state index is 14.7. The highest BCUT2D eigenvalue weighted by atomic mass is 35.5. The van der Waals surface area contributed by atoms with Gasteiger partial charge in [-0.15, -0.1) is 4.36 Å². The summed E-state index contributed by atoms with van der Waals surface area (Å²) in [5.74, 6) is 0.295. The number of rotatable bonds is 3. The lowest BCUT2D eigenvalue weighted by molar-refractivity contribution is 0.0131. The summed E-state index contributed by atoms with van der Waals surface area (Å²) >= 11 is 6.47. The van der Waals surface area contributed by atoms with E-state index < -0.39 is 21.7 Å². The van der Waals surface area contributed by atoms with Gasteiger partial charge in [-0.1, -0.05) is 36.7 Å². The minimum Gasteiger partial charge on any atom is -0.490 e. The fourth-order valence-electron chi connectivity index (χ4n) is 9.26. The van der Waals surface area contributed by atoms with Crippen molar-refractivity contribution in [1.82, 2.24) is 9.29 Å². The normalized spacial score (nSPS) is 30.8. The number of hydrogen-bond donors (Lipinski definition) is 1. The third kappa shape index (κ3) is 6.94. The number of halogens is 1. The third-order valence-corrected chi connectivity index (χ3v) is 14.3. The Morgan fingerprint density at radius 2 is 2.00 bits per heavy atom. The predicted molar refractivity (Wildman–Crippen MR) is 205 cm³/mol. The average Bonchev–Trinajstić information content (AvgIpc) is 3.49. The van der Waals surface area contributed by atoms with E-state index in [1.54, 1.807) is 13.2 Å². The number of methoxy groups -OCH3 is 1. The molecule has 1 fully saturated rings. The zero-order valence-corrected chi connectivity index (χ0v) is 31.7. The first-order chi connectivity index (χ1) is 25.1. The molecule has 2 aliphatic carbocycles. The number of fused-ring (bicyclic) bond motifs is 5. The highest BCUT2D eigenvalue weighted by Crippen LogP contribution is 2.47. The van der Waals surface area contributed by atoms with E-state index in [0.717, 1.165) is 93.2 Å². The van der Waals surface area contributed by atoms with E-state index in [9.17, 15) is 13.8 Å². The number of aryl methyl sites for hydroxylation is 3. The number of carbonyl (C=O) groups excluding carboxylic acids is 2. The van der Waals surface area contributed by atoms with Gasteiger partial charge in [0.15, 0.2) is 0 Å². The van der Waals surface area contributed by atoms with Gasteiger partial charge >= 0.3 is 0 Å². The Kier molecular flexibility index (Phi) is 9.76. The molecular formula is C41H49ClN4O5S. The van der Waals surface area contributed by atoms with Gasteiger partial charge in [-0.25, -0.2) is 4.21 Å². The molecule has 6 atom stereocenters. The van der Waals surface area contributed by atoms with Crippen molar-refractivity contribution < 1.29 is 23.3 Å². The Morgan fingerprint density at radius 3 is 2.81 bits per heavy atom. The Morgan fingerprint density at radius 1 is 1.12 bits per heavy atom. The van der Waals surface area contributed by atoms with Crippen molar-refractivity contribution >= 4 is 39.0 Å². The van der Waals surface area contributed by atoms with Crippen molar-refractivity contribution in [3.63, 3.8) is 0 Å². The van der Waals surface area contributed by atoms with E-state index in [2.05, 4.69) is 42.8 Å². The molecular weight excluding hydrogens is 696 g/mol. The fraction of sp³-hybridized carbons (Fsp3) is 0.512. The predicted octanol–water partition coefficient (Wildman–Crippen LogP) is 7.54. The Balaban J connectivity index is 1.18. The first-order valence-electron chi connectivity index (χ1n) is 18.9. The van der Waals surface area contributed by atoms with Crippen LogP contribution in [0, 0.1) is 17.8 Å². The smallest absolute Gasteiger partial charge is 0.286 e. The van der Waals surface area contributed by atoms with Crippen molar-refractivity contribution in [2.75, 3.05) is 37.5 Å². The van der Waals surface area contributed by atoms with Crippen molar-refractivity contribution in [3.8, 4) is 5.75 Å². The lowest BCUT2D eigenvalue weighted by atomic mass is 9.68. The molecule has 1 saturated carbocycles. The van der Waals surface area contributed by atoms with Gasteiger partial charge < -0.3 is 18.9 Å². The molecule has 1 aromatic heterocycles. The molecule has 0 saturated heterocycles. The van der Waals surface area contributed by atoms with Gasteiger partial charge in [0.2, 0.25) is 0 Å². The highest BCUT2D eigenvalue weighted by molar-refractivity contribution is 7.92. The molecule has 4 heterocycles. The molecule has 276 valence electrons. The molecule has 2 amide bonds. The first kappa shape index (κ1) is 35.4. The lowest BCUT2D eigenvalue weighted by Crippen LogP contribution is -2.49. The number of nitrogens with one attached hydrogen (secondary N) is 1. The molecule has 1 spiro atoms. The number of hydrogen-bond acceptors (Lipinski definition) is 6. The van der Waals surface area contributed by atoms with Crippen LogP contribution in [0.3, 0.4) is 0 Å². The van der Waals surface area contributed by atoms with E-state index in [0.29, 0.717) is 36.0 Å². The van der Waals surface area contributed by atoms with E-state index in [4.69, 9.17) is 21.1 Å². The molecule has 1 unspecified atom stereocenters. The largest absolute Gasteiger partial charge is 0.490 e. The molecule has 2 bridgehead atoms. The molecule has 3 aromatic rings. The van der Waals surface area contributed by atoms with E-state index in [1.165, 1.54) is 11.1 Å².